The maximum absolute atomic E-state index is 13.2. The van der Waals surface area contributed by atoms with Gasteiger partial charge in [0.1, 0.15) is 0 Å². The molecule has 0 bridgehead atoms. The number of nitrogens with zero attached hydrogens (tertiary/aromatic N) is 4. The molecular weight excluding hydrogens is 380 g/mol. The van der Waals surface area contributed by atoms with Crippen LogP contribution in [0, 0.1) is 0 Å². The van der Waals surface area contributed by atoms with E-state index in [4.69, 9.17) is 4.98 Å². The molecule has 148 valence electrons. The van der Waals surface area contributed by atoms with Crippen molar-refractivity contribution in [2.75, 3.05) is 44.4 Å². The van der Waals surface area contributed by atoms with E-state index in [1.807, 2.05) is 16.3 Å². The van der Waals surface area contributed by atoms with Crippen LogP contribution in [0.4, 0.5) is 0 Å². The predicted molar refractivity (Wildman–Crippen MR) is 111 cm³/mol. The van der Waals surface area contributed by atoms with E-state index < -0.39 is 0 Å². The highest BCUT2D eigenvalue weighted by molar-refractivity contribution is 7.99. The lowest BCUT2D eigenvalue weighted by Crippen LogP contribution is -2.47. The lowest BCUT2D eigenvalue weighted by molar-refractivity contribution is -0.134. The first-order valence-corrected chi connectivity index (χ1v) is 12.0. The van der Waals surface area contributed by atoms with E-state index in [9.17, 15) is 9.59 Å². The van der Waals surface area contributed by atoms with Crippen LogP contribution in [0.15, 0.2) is 9.95 Å². The van der Waals surface area contributed by atoms with Crippen molar-refractivity contribution in [3.8, 4) is 0 Å². The molecule has 2 unspecified atom stereocenters. The fourth-order valence-corrected chi connectivity index (χ4v) is 6.56. The van der Waals surface area contributed by atoms with Crippen molar-refractivity contribution in [2.45, 2.75) is 49.3 Å². The zero-order valence-corrected chi connectivity index (χ0v) is 17.8. The van der Waals surface area contributed by atoms with Crippen molar-refractivity contribution >= 4 is 29.4 Å². The summed E-state index contributed by atoms with van der Waals surface area (Å²) in [6.45, 7) is 1.72. The summed E-state index contributed by atoms with van der Waals surface area (Å²) >= 11 is 3.57. The number of aromatic nitrogens is 2. The van der Waals surface area contributed by atoms with Crippen molar-refractivity contribution in [1.29, 1.82) is 0 Å². The van der Waals surface area contributed by atoms with E-state index in [2.05, 4.69) is 23.9 Å². The molecule has 2 atom stereocenters. The average Bonchev–Trinajstić information content (AvgIpc) is 3.18. The van der Waals surface area contributed by atoms with Crippen molar-refractivity contribution < 1.29 is 4.79 Å². The summed E-state index contributed by atoms with van der Waals surface area (Å²) in [5.41, 5.74) is 1.98. The first-order valence-electron chi connectivity index (χ1n) is 9.83. The van der Waals surface area contributed by atoms with Crippen LogP contribution in [0.25, 0.3) is 0 Å². The van der Waals surface area contributed by atoms with Gasteiger partial charge in [-0.1, -0.05) is 11.8 Å². The minimum Gasteiger partial charge on any atom is -0.337 e. The lowest BCUT2D eigenvalue weighted by Gasteiger charge is -2.32. The number of amides is 1. The van der Waals surface area contributed by atoms with Gasteiger partial charge in [0, 0.05) is 36.6 Å². The highest BCUT2D eigenvalue weighted by atomic mass is 32.2. The Morgan fingerprint density at radius 3 is 2.89 bits per heavy atom. The molecular formula is C19H28N4O2S2. The predicted octanol–water partition coefficient (Wildman–Crippen LogP) is 1.66. The number of hydrogen-bond donors (Lipinski definition) is 0. The molecule has 0 saturated carbocycles. The SMILES string of the molecule is CN(C)CC1CSCCCN1C(=O)CC1CSc2nc3c(c(=O)n21)CCC3. The zero-order valence-electron chi connectivity index (χ0n) is 16.1. The third kappa shape index (κ3) is 3.93. The van der Waals surface area contributed by atoms with Crippen LogP contribution in [0.2, 0.25) is 0 Å². The summed E-state index contributed by atoms with van der Waals surface area (Å²) in [6, 6.07) is 0.197. The minimum absolute atomic E-state index is 0.0562. The molecule has 1 aromatic rings. The normalized spacial score (nSPS) is 24.8. The molecule has 0 N–H and O–H groups in total. The average molecular weight is 409 g/mol. The summed E-state index contributed by atoms with van der Waals surface area (Å²) in [4.78, 5) is 35.1. The summed E-state index contributed by atoms with van der Waals surface area (Å²) in [6.07, 6.45) is 4.23. The molecule has 0 spiro atoms. The molecule has 3 heterocycles. The molecule has 4 rings (SSSR count). The molecule has 1 fully saturated rings. The minimum atomic E-state index is -0.0562. The third-order valence-electron chi connectivity index (χ3n) is 5.62. The Bertz CT molecular complexity index is 780. The molecule has 0 aromatic carbocycles. The molecule has 27 heavy (non-hydrogen) atoms. The van der Waals surface area contributed by atoms with Gasteiger partial charge in [0.2, 0.25) is 5.91 Å². The van der Waals surface area contributed by atoms with Gasteiger partial charge in [-0.25, -0.2) is 4.98 Å². The van der Waals surface area contributed by atoms with E-state index >= 15 is 0 Å². The molecule has 3 aliphatic rings. The molecule has 1 aliphatic carbocycles. The van der Waals surface area contributed by atoms with E-state index in [-0.39, 0.29) is 23.6 Å². The third-order valence-corrected chi connectivity index (χ3v) is 7.91. The van der Waals surface area contributed by atoms with E-state index in [1.165, 1.54) is 0 Å². The molecule has 0 radical (unpaired) electrons. The Balaban J connectivity index is 1.53. The van der Waals surface area contributed by atoms with Crippen molar-refractivity contribution in [2.24, 2.45) is 0 Å². The number of fused-ring (bicyclic) bond motifs is 2. The number of hydrogen-bond acceptors (Lipinski definition) is 6. The monoisotopic (exact) mass is 408 g/mol. The lowest BCUT2D eigenvalue weighted by atomic mass is 10.1. The van der Waals surface area contributed by atoms with Crippen LogP contribution < -0.4 is 5.56 Å². The van der Waals surface area contributed by atoms with Crippen molar-refractivity contribution in [3.05, 3.63) is 21.6 Å². The number of carbonyl (C=O) groups excluding carboxylic acids is 1. The number of aryl methyl sites for hydroxylation is 1. The van der Waals surface area contributed by atoms with Crippen LogP contribution in [0.3, 0.4) is 0 Å². The van der Waals surface area contributed by atoms with Gasteiger partial charge in [0.05, 0.1) is 17.8 Å². The molecule has 8 heteroatoms. The first-order chi connectivity index (χ1) is 13.0. The number of rotatable bonds is 4. The number of carbonyl (C=O) groups is 1. The zero-order chi connectivity index (χ0) is 19.0. The fourth-order valence-electron chi connectivity index (χ4n) is 4.35. The fraction of sp³-hybridized carbons (Fsp3) is 0.737. The van der Waals surface area contributed by atoms with Gasteiger partial charge < -0.3 is 9.80 Å². The Morgan fingerprint density at radius 2 is 2.07 bits per heavy atom. The van der Waals surface area contributed by atoms with Crippen molar-refractivity contribution in [1.82, 2.24) is 19.4 Å². The number of thioether (sulfide) groups is 2. The van der Waals surface area contributed by atoms with Gasteiger partial charge >= 0.3 is 0 Å². The summed E-state index contributed by atoms with van der Waals surface area (Å²) in [5.74, 6) is 3.08. The summed E-state index contributed by atoms with van der Waals surface area (Å²) in [5, 5.41) is 0.815. The second kappa shape index (κ2) is 8.17. The highest BCUT2D eigenvalue weighted by Gasteiger charge is 2.34. The maximum Gasteiger partial charge on any atom is 0.257 e. The Hall–Kier alpha value is -0.990. The van der Waals surface area contributed by atoms with E-state index in [0.29, 0.717) is 6.42 Å². The van der Waals surface area contributed by atoms with Gasteiger partial charge in [-0.15, -0.1) is 0 Å². The highest BCUT2D eigenvalue weighted by Crippen LogP contribution is 2.34. The topological polar surface area (TPSA) is 58.4 Å². The van der Waals surface area contributed by atoms with Crippen LogP contribution in [0.5, 0.6) is 0 Å². The molecule has 1 saturated heterocycles. The first kappa shape index (κ1) is 19.3. The summed E-state index contributed by atoms with van der Waals surface area (Å²) in [7, 11) is 4.13. The van der Waals surface area contributed by atoms with Crippen molar-refractivity contribution in [3.63, 3.8) is 0 Å². The second-order valence-corrected chi connectivity index (χ2v) is 10.1. The molecule has 1 amide bonds. The van der Waals surface area contributed by atoms with Crippen LogP contribution >= 0.6 is 23.5 Å². The van der Waals surface area contributed by atoms with E-state index in [0.717, 1.165) is 72.4 Å². The van der Waals surface area contributed by atoms with Gasteiger partial charge in [-0.2, -0.15) is 11.8 Å². The smallest absolute Gasteiger partial charge is 0.257 e. The Kier molecular flexibility index (Phi) is 5.85. The molecule has 1 aromatic heterocycles. The van der Waals surface area contributed by atoms with Gasteiger partial charge in [-0.05, 0) is 45.5 Å². The summed E-state index contributed by atoms with van der Waals surface area (Å²) < 4.78 is 1.82. The largest absolute Gasteiger partial charge is 0.337 e. The quantitative estimate of drug-likeness (QED) is 0.707. The van der Waals surface area contributed by atoms with Gasteiger partial charge in [0.25, 0.3) is 5.56 Å². The number of likely N-dealkylation sites (N-methyl/N-ethyl adjacent to an activating group) is 1. The van der Waals surface area contributed by atoms with Gasteiger partial charge in [-0.3, -0.25) is 14.2 Å². The van der Waals surface area contributed by atoms with Crippen LogP contribution in [-0.4, -0.2) is 75.7 Å². The van der Waals surface area contributed by atoms with Gasteiger partial charge in [0.15, 0.2) is 5.16 Å². The van der Waals surface area contributed by atoms with Crippen LogP contribution in [-0.2, 0) is 17.6 Å². The molecule has 6 nitrogen and oxygen atoms in total. The van der Waals surface area contributed by atoms with Crippen LogP contribution in [0.1, 0.15) is 36.6 Å². The Labute approximate surface area is 169 Å². The molecule has 2 aliphatic heterocycles. The Morgan fingerprint density at radius 1 is 1.22 bits per heavy atom. The standard InChI is InChI=1S/C19H28N4O2S2/c1-21(2)10-14-11-26-8-4-7-22(14)17(24)9-13-12-27-19-20-16-6-3-5-15(16)18(25)23(13)19/h13-14H,3-12H2,1-2H3. The second-order valence-electron chi connectivity index (χ2n) is 7.95. The van der Waals surface area contributed by atoms with E-state index in [1.54, 1.807) is 11.8 Å². The maximum atomic E-state index is 13.2.